The number of fused-ring (bicyclic) bond motifs is 1. The van der Waals surface area contributed by atoms with Crippen molar-refractivity contribution < 1.29 is 14.0 Å². The molecule has 1 atom stereocenters. The number of nitrogens with zero attached hydrogens (tertiary/aromatic N) is 3. The maximum absolute atomic E-state index is 6.04. The van der Waals surface area contributed by atoms with E-state index < -0.39 is 0 Å². The SMILES string of the molecule is COc1ccc2cc(C3CN(Cc4noc(C(C)C)n4)CCO3)ccc2c1. The van der Waals surface area contributed by atoms with E-state index in [0.717, 1.165) is 24.7 Å². The van der Waals surface area contributed by atoms with E-state index in [2.05, 4.69) is 59.2 Å². The zero-order valence-electron chi connectivity index (χ0n) is 16.0. The molecule has 0 bridgehead atoms. The van der Waals surface area contributed by atoms with Crippen molar-refractivity contribution in [2.75, 3.05) is 26.8 Å². The molecule has 2 heterocycles. The first-order chi connectivity index (χ1) is 13.1. The molecule has 0 spiro atoms. The monoisotopic (exact) mass is 367 g/mol. The van der Waals surface area contributed by atoms with Crippen molar-refractivity contribution in [3.05, 3.63) is 53.7 Å². The minimum absolute atomic E-state index is 0.0433. The van der Waals surface area contributed by atoms with Crippen LogP contribution >= 0.6 is 0 Å². The van der Waals surface area contributed by atoms with Crippen molar-refractivity contribution >= 4 is 10.8 Å². The number of methoxy groups -OCH3 is 1. The maximum Gasteiger partial charge on any atom is 0.229 e. The van der Waals surface area contributed by atoms with E-state index in [1.807, 2.05) is 6.07 Å². The highest BCUT2D eigenvalue weighted by atomic mass is 16.5. The number of rotatable bonds is 5. The lowest BCUT2D eigenvalue weighted by Gasteiger charge is -2.32. The molecule has 1 unspecified atom stereocenters. The average Bonchev–Trinajstić information content (AvgIpc) is 3.16. The Kier molecular flexibility index (Phi) is 5.09. The van der Waals surface area contributed by atoms with Crippen LogP contribution in [-0.2, 0) is 11.3 Å². The summed E-state index contributed by atoms with van der Waals surface area (Å²) in [5.41, 5.74) is 1.19. The Balaban J connectivity index is 1.48. The molecule has 1 saturated heterocycles. The van der Waals surface area contributed by atoms with Gasteiger partial charge in [0.15, 0.2) is 5.82 Å². The summed E-state index contributed by atoms with van der Waals surface area (Å²) >= 11 is 0. The van der Waals surface area contributed by atoms with E-state index in [9.17, 15) is 0 Å². The van der Waals surface area contributed by atoms with Gasteiger partial charge in [-0.3, -0.25) is 4.90 Å². The molecule has 4 rings (SSSR count). The van der Waals surface area contributed by atoms with Crippen molar-refractivity contribution in [3.63, 3.8) is 0 Å². The van der Waals surface area contributed by atoms with Crippen LogP contribution in [0.5, 0.6) is 5.75 Å². The molecule has 3 aromatic rings. The van der Waals surface area contributed by atoms with Gasteiger partial charge in [0.25, 0.3) is 0 Å². The van der Waals surface area contributed by atoms with E-state index in [4.69, 9.17) is 14.0 Å². The zero-order valence-corrected chi connectivity index (χ0v) is 16.0. The lowest BCUT2D eigenvalue weighted by Crippen LogP contribution is -2.38. The summed E-state index contributed by atoms with van der Waals surface area (Å²) in [6.45, 7) is 7.16. The highest BCUT2D eigenvalue weighted by Gasteiger charge is 2.24. The number of ether oxygens (including phenoxy) is 2. The van der Waals surface area contributed by atoms with Crippen molar-refractivity contribution in [2.45, 2.75) is 32.4 Å². The Labute approximate surface area is 159 Å². The second kappa shape index (κ2) is 7.66. The Hall–Kier alpha value is -2.44. The molecule has 27 heavy (non-hydrogen) atoms. The topological polar surface area (TPSA) is 60.6 Å². The van der Waals surface area contributed by atoms with E-state index >= 15 is 0 Å². The second-order valence-corrected chi connectivity index (χ2v) is 7.27. The summed E-state index contributed by atoms with van der Waals surface area (Å²) in [6.07, 6.45) is 0.0433. The number of benzene rings is 2. The third kappa shape index (κ3) is 3.96. The molecule has 6 nitrogen and oxygen atoms in total. The van der Waals surface area contributed by atoms with Gasteiger partial charge < -0.3 is 14.0 Å². The number of hydrogen-bond acceptors (Lipinski definition) is 6. The van der Waals surface area contributed by atoms with E-state index in [1.54, 1.807) is 7.11 Å². The van der Waals surface area contributed by atoms with E-state index in [0.29, 0.717) is 19.0 Å². The standard InChI is InChI=1S/C21H25N3O3/c1-14(2)21-22-20(23-27-21)13-24-8-9-26-19(12-24)17-5-4-16-11-18(25-3)7-6-15(16)10-17/h4-7,10-11,14,19H,8-9,12-13H2,1-3H3. The molecule has 0 amide bonds. The molecule has 1 aliphatic rings. The fourth-order valence-electron chi connectivity index (χ4n) is 3.38. The summed E-state index contributed by atoms with van der Waals surface area (Å²) < 4.78 is 16.7. The molecule has 2 aromatic carbocycles. The molecule has 142 valence electrons. The molecule has 1 fully saturated rings. The molecule has 6 heteroatoms. The van der Waals surface area contributed by atoms with Crippen molar-refractivity contribution in [3.8, 4) is 5.75 Å². The Morgan fingerprint density at radius 3 is 2.78 bits per heavy atom. The Morgan fingerprint density at radius 2 is 2.00 bits per heavy atom. The summed E-state index contributed by atoms with van der Waals surface area (Å²) in [4.78, 5) is 6.81. The minimum Gasteiger partial charge on any atom is -0.497 e. The summed E-state index contributed by atoms with van der Waals surface area (Å²) in [6, 6.07) is 12.6. The van der Waals surface area contributed by atoms with Crippen LogP contribution in [0.25, 0.3) is 10.8 Å². The summed E-state index contributed by atoms with van der Waals surface area (Å²) in [7, 11) is 1.69. The van der Waals surface area contributed by atoms with Gasteiger partial charge in [0.2, 0.25) is 5.89 Å². The first kappa shape index (κ1) is 17.9. The molecule has 0 radical (unpaired) electrons. The van der Waals surface area contributed by atoms with Crippen LogP contribution in [0.1, 0.15) is 43.1 Å². The van der Waals surface area contributed by atoms with Gasteiger partial charge in [-0.1, -0.05) is 37.2 Å². The van der Waals surface area contributed by atoms with Crippen LogP contribution in [0.4, 0.5) is 0 Å². The van der Waals surface area contributed by atoms with Gasteiger partial charge >= 0.3 is 0 Å². The highest BCUT2D eigenvalue weighted by molar-refractivity contribution is 5.84. The molecule has 0 N–H and O–H groups in total. The minimum atomic E-state index is 0.0433. The van der Waals surface area contributed by atoms with E-state index in [-0.39, 0.29) is 12.0 Å². The molecular formula is C21H25N3O3. The lowest BCUT2D eigenvalue weighted by molar-refractivity contribution is -0.0337. The summed E-state index contributed by atoms with van der Waals surface area (Å²) in [5.74, 6) is 2.56. The fourth-order valence-corrected chi connectivity index (χ4v) is 3.38. The summed E-state index contributed by atoms with van der Waals surface area (Å²) in [5, 5.41) is 6.46. The van der Waals surface area contributed by atoms with Crippen molar-refractivity contribution in [2.24, 2.45) is 0 Å². The first-order valence-electron chi connectivity index (χ1n) is 9.36. The number of hydrogen-bond donors (Lipinski definition) is 0. The van der Waals surface area contributed by atoms with Gasteiger partial charge in [-0.05, 0) is 34.5 Å². The highest BCUT2D eigenvalue weighted by Crippen LogP contribution is 2.28. The predicted molar refractivity (Wildman–Crippen MR) is 103 cm³/mol. The van der Waals surface area contributed by atoms with Crippen LogP contribution < -0.4 is 4.74 Å². The maximum atomic E-state index is 6.04. The smallest absolute Gasteiger partial charge is 0.229 e. The Bertz CT molecular complexity index is 922. The number of morpholine rings is 1. The molecule has 1 aromatic heterocycles. The van der Waals surface area contributed by atoms with Crippen molar-refractivity contribution in [1.29, 1.82) is 0 Å². The van der Waals surface area contributed by atoms with Gasteiger partial charge in [0.05, 0.1) is 26.4 Å². The van der Waals surface area contributed by atoms with Gasteiger partial charge in [-0.25, -0.2) is 0 Å². The zero-order chi connectivity index (χ0) is 18.8. The molecule has 0 aliphatic carbocycles. The third-order valence-electron chi connectivity index (χ3n) is 4.94. The lowest BCUT2D eigenvalue weighted by atomic mass is 10.0. The van der Waals surface area contributed by atoms with Crippen LogP contribution in [0.2, 0.25) is 0 Å². The second-order valence-electron chi connectivity index (χ2n) is 7.27. The largest absolute Gasteiger partial charge is 0.497 e. The third-order valence-corrected chi connectivity index (χ3v) is 4.94. The van der Waals surface area contributed by atoms with Crippen LogP contribution in [0.15, 0.2) is 40.9 Å². The first-order valence-corrected chi connectivity index (χ1v) is 9.36. The fraction of sp³-hybridized carbons (Fsp3) is 0.429. The Morgan fingerprint density at radius 1 is 1.19 bits per heavy atom. The predicted octanol–water partition coefficient (Wildman–Crippen LogP) is 3.93. The molecule has 0 saturated carbocycles. The van der Waals surface area contributed by atoms with Gasteiger partial charge in [-0.2, -0.15) is 4.98 Å². The van der Waals surface area contributed by atoms with Crippen LogP contribution in [0, 0.1) is 0 Å². The van der Waals surface area contributed by atoms with Crippen molar-refractivity contribution in [1.82, 2.24) is 15.0 Å². The molecular weight excluding hydrogens is 342 g/mol. The number of aromatic nitrogens is 2. The average molecular weight is 367 g/mol. The normalized spacial score (nSPS) is 18.3. The molecule has 1 aliphatic heterocycles. The quantitative estimate of drug-likeness (QED) is 0.681. The van der Waals surface area contributed by atoms with Gasteiger partial charge in [0, 0.05) is 19.0 Å². The van der Waals surface area contributed by atoms with Gasteiger partial charge in [-0.15, -0.1) is 0 Å². The van der Waals surface area contributed by atoms with E-state index in [1.165, 1.54) is 16.3 Å². The van der Waals surface area contributed by atoms with Gasteiger partial charge in [0.1, 0.15) is 5.75 Å². The van der Waals surface area contributed by atoms with Crippen LogP contribution in [0.3, 0.4) is 0 Å². The van der Waals surface area contributed by atoms with Crippen LogP contribution in [-0.4, -0.2) is 41.8 Å².